The molecule has 0 bridgehead atoms. The van der Waals surface area contributed by atoms with Crippen molar-refractivity contribution in [1.29, 1.82) is 0 Å². The minimum absolute atomic E-state index is 0.352. The monoisotopic (exact) mass is 390 g/mol. The van der Waals surface area contributed by atoms with E-state index in [4.69, 9.17) is 32.7 Å². The van der Waals surface area contributed by atoms with Gasteiger partial charge in [-0.1, -0.05) is 49.2 Å². The lowest BCUT2D eigenvalue weighted by Gasteiger charge is -2.09. The standard InChI is InChI=1S/C19H14Cl2O3.C2H6/c1-23-19(22)15-3-2-14-9-18(5-4-13(14)8-15)24-11-12-6-16(20)10-17(21)7-12;1-2/h2-10H,11H2,1H3;1-2H3. The Balaban J connectivity index is 0.00000117. The van der Waals surface area contributed by atoms with Crippen LogP contribution in [0.15, 0.2) is 54.6 Å². The van der Waals surface area contributed by atoms with Crippen molar-refractivity contribution in [3.05, 3.63) is 75.8 Å². The molecule has 136 valence electrons. The van der Waals surface area contributed by atoms with Gasteiger partial charge in [0, 0.05) is 10.0 Å². The van der Waals surface area contributed by atoms with Crippen molar-refractivity contribution in [3.63, 3.8) is 0 Å². The summed E-state index contributed by atoms with van der Waals surface area (Å²) in [5.74, 6) is 0.375. The van der Waals surface area contributed by atoms with E-state index in [0.717, 1.165) is 22.1 Å². The summed E-state index contributed by atoms with van der Waals surface area (Å²) in [6.45, 7) is 4.37. The molecule has 0 atom stereocenters. The SMILES string of the molecule is CC.COC(=O)c1ccc2cc(OCc3cc(Cl)cc(Cl)c3)ccc2c1. The van der Waals surface area contributed by atoms with Crippen LogP contribution in [0.25, 0.3) is 10.8 Å². The van der Waals surface area contributed by atoms with Gasteiger partial charge in [0.2, 0.25) is 0 Å². The third-order valence-electron chi connectivity index (χ3n) is 3.56. The number of methoxy groups -OCH3 is 1. The van der Waals surface area contributed by atoms with Crippen LogP contribution in [0.5, 0.6) is 5.75 Å². The first kappa shape index (κ1) is 20.1. The molecule has 0 unspecified atom stereocenters. The van der Waals surface area contributed by atoms with Crippen molar-refractivity contribution in [2.75, 3.05) is 7.11 Å². The molecule has 0 heterocycles. The van der Waals surface area contributed by atoms with Crippen molar-refractivity contribution < 1.29 is 14.3 Å². The minimum atomic E-state index is -0.352. The van der Waals surface area contributed by atoms with E-state index in [1.807, 2.05) is 50.2 Å². The van der Waals surface area contributed by atoms with E-state index in [1.165, 1.54) is 7.11 Å². The summed E-state index contributed by atoms with van der Waals surface area (Å²) in [7, 11) is 1.37. The minimum Gasteiger partial charge on any atom is -0.489 e. The Morgan fingerprint density at radius 2 is 1.50 bits per heavy atom. The summed E-state index contributed by atoms with van der Waals surface area (Å²) in [5.41, 5.74) is 1.42. The number of ether oxygens (including phenoxy) is 2. The van der Waals surface area contributed by atoms with Crippen LogP contribution in [0, 0.1) is 0 Å². The third-order valence-corrected chi connectivity index (χ3v) is 4.00. The Hall–Kier alpha value is -2.23. The predicted molar refractivity (Wildman–Crippen MR) is 107 cm³/mol. The molecule has 0 saturated heterocycles. The average molecular weight is 391 g/mol. The Bertz CT molecular complexity index is 887. The number of carbonyl (C=O) groups excluding carboxylic acids is 1. The average Bonchev–Trinajstić information content (AvgIpc) is 2.66. The van der Waals surface area contributed by atoms with Gasteiger partial charge in [-0.25, -0.2) is 4.79 Å². The lowest BCUT2D eigenvalue weighted by Crippen LogP contribution is -2.00. The van der Waals surface area contributed by atoms with Crippen LogP contribution in [0.2, 0.25) is 10.0 Å². The second-order valence-electron chi connectivity index (χ2n) is 5.28. The highest BCUT2D eigenvalue weighted by Gasteiger charge is 2.07. The zero-order chi connectivity index (χ0) is 19.1. The maximum atomic E-state index is 11.6. The summed E-state index contributed by atoms with van der Waals surface area (Å²) in [6, 6.07) is 16.4. The van der Waals surface area contributed by atoms with Crippen LogP contribution in [0.3, 0.4) is 0 Å². The molecule has 0 amide bonds. The third kappa shape index (κ3) is 5.13. The highest BCUT2D eigenvalue weighted by atomic mass is 35.5. The van der Waals surface area contributed by atoms with Crippen molar-refractivity contribution in [2.24, 2.45) is 0 Å². The molecule has 0 N–H and O–H groups in total. The van der Waals surface area contributed by atoms with E-state index in [2.05, 4.69) is 0 Å². The number of benzene rings is 3. The fourth-order valence-corrected chi connectivity index (χ4v) is 2.99. The zero-order valence-corrected chi connectivity index (χ0v) is 16.4. The van der Waals surface area contributed by atoms with Gasteiger partial charge in [-0.05, 0) is 58.8 Å². The van der Waals surface area contributed by atoms with Gasteiger partial charge in [0.15, 0.2) is 0 Å². The fourth-order valence-electron chi connectivity index (χ4n) is 2.42. The summed E-state index contributed by atoms with van der Waals surface area (Å²) in [4.78, 5) is 11.6. The molecule has 3 nitrogen and oxygen atoms in total. The normalized spacial score (nSPS) is 10.0. The van der Waals surface area contributed by atoms with E-state index >= 15 is 0 Å². The number of esters is 1. The molecule has 3 aromatic carbocycles. The van der Waals surface area contributed by atoms with Crippen LogP contribution in [-0.2, 0) is 11.3 Å². The molecular formula is C21H20Cl2O3. The Kier molecular flexibility index (Phi) is 7.31. The van der Waals surface area contributed by atoms with E-state index in [-0.39, 0.29) is 5.97 Å². The van der Waals surface area contributed by atoms with Gasteiger partial charge in [-0.2, -0.15) is 0 Å². The van der Waals surface area contributed by atoms with Gasteiger partial charge in [-0.3, -0.25) is 0 Å². The number of hydrogen-bond donors (Lipinski definition) is 0. The first-order valence-electron chi connectivity index (χ1n) is 8.25. The summed E-state index contributed by atoms with van der Waals surface area (Å²) in [5, 5.41) is 3.07. The molecule has 0 aliphatic rings. The second kappa shape index (κ2) is 9.46. The van der Waals surface area contributed by atoms with Crippen molar-refractivity contribution in [2.45, 2.75) is 20.5 Å². The lowest BCUT2D eigenvalue weighted by molar-refractivity contribution is 0.0601. The molecule has 3 rings (SSSR count). The number of halogens is 2. The van der Waals surface area contributed by atoms with Crippen molar-refractivity contribution in [3.8, 4) is 5.75 Å². The predicted octanol–water partition coefficient (Wildman–Crippen LogP) is 6.54. The highest BCUT2D eigenvalue weighted by molar-refractivity contribution is 6.34. The molecule has 0 saturated carbocycles. The molecular weight excluding hydrogens is 371 g/mol. The first-order chi connectivity index (χ1) is 12.5. The van der Waals surface area contributed by atoms with Crippen molar-refractivity contribution >= 4 is 39.9 Å². The van der Waals surface area contributed by atoms with Gasteiger partial charge < -0.3 is 9.47 Å². The van der Waals surface area contributed by atoms with Crippen LogP contribution >= 0.6 is 23.2 Å². The molecule has 0 fully saturated rings. The Labute approximate surface area is 163 Å². The Morgan fingerprint density at radius 3 is 2.15 bits per heavy atom. The number of fused-ring (bicyclic) bond motifs is 1. The first-order valence-corrected chi connectivity index (χ1v) is 9.00. The maximum Gasteiger partial charge on any atom is 0.337 e. The van der Waals surface area contributed by atoms with Crippen LogP contribution in [0.1, 0.15) is 29.8 Å². The van der Waals surface area contributed by atoms with Gasteiger partial charge in [-0.15, -0.1) is 0 Å². The van der Waals surface area contributed by atoms with Crippen molar-refractivity contribution in [1.82, 2.24) is 0 Å². The smallest absolute Gasteiger partial charge is 0.337 e. The summed E-state index contributed by atoms with van der Waals surface area (Å²) in [6.07, 6.45) is 0. The summed E-state index contributed by atoms with van der Waals surface area (Å²) < 4.78 is 10.5. The second-order valence-corrected chi connectivity index (χ2v) is 6.15. The number of hydrogen-bond acceptors (Lipinski definition) is 3. The molecule has 0 aliphatic heterocycles. The van der Waals surface area contributed by atoms with Crippen LogP contribution < -0.4 is 4.74 Å². The molecule has 26 heavy (non-hydrogen) atoms. The quantitative estimate of drug-likeness (QED) is 0.474. The highest BCUT2D eigenvalue weighted by Crippen LogP contribution is 2.24. The topological polar surface area (TPSA) is 35.5 Å². The van der Waals surface area contributed by atoms with Crippen LogP contribution in [0.4, 0.5) is 0 Å². The van der Waals surface area contributed by atoms with Crippen LogP contribution in [-0.4, -0.2) is 13.1 Å². The fraction of sp³-hybridized carbons (Fsp3) is 0.190. The maximum absolute atomic E-state index is 11.6. The number of rotatable bonds is 4. The van der Waals surface area contributed by atoms with Gasteiger partial charge in [0.1, 0.15) is 12.4 Å². The van der Waals surface area contributed by atoms with E-state index in [9.17, 15) is 4.79 Å². The van der Waals surface area contributed by atoms with Gasteiger partial charge in [0.05, 0.1) is 12.7 Å². The Morgan fingerprint density at radius 1 is 0.885 bits per heavy atom. The van der Waals surface area contributed by atoms with Gasteiger partial charge in [0.25, 0.3) is 0 Å². The molecule has 0 radical (unpaired) electrons. The molecule has 0 aliphatic carbocycles. The van der Waals surface area contributed by atoms with Gasteiger partial charge >= 0.3 is 5.97 Å². The van der Waals surface area contributed by atoms with E-state index in [0.29, 0.717) is 22.2 Å². The molecule has 0 spiro atoms. The molecule has 0 aromatic heterocycles. The molecule has 5 heteroatoms. The van der Waals surface area contributed by atoms with E-state index in [1.54, 1.807) is 18.2 Å². The largest absolute Gasteiger partial charge is 0.489 e. The number of carbonyl (C=O) groups is 1. The molecule has 3 aromatic rings. The zero-order valence-electron chi connectivity index (χ0n) is 14.9. The summed E-state index contributed by atoms with van der Waals surface area (Å²) >= 11 is 12.0. The lowest BCUT2D eigenvalue weighted by atomic mass is 10.1. The van der Waals surface area contributed by atoms with E-state index < -0.39 is 0 Å².